The Bertz CT molecular complexity index is 351. The van der Waals surface area contributed by atoms with Gasteiger partial charge in [-0.3, -0.25) is 9.59 Å². The molecule has 0 aromatic rings. The second-order valence-corrected chi connectivity index (χ2v) is 7.65. The molecule has 1 atom stereocenters. The minimum absolute atomic E-state index is 0.263. The molecule has 0 aliphatic carbocycles. The molecule has 0 aromatic heterocycles. The predicted molar refractivity (Wildman–Crippen MR) is 93.2 cm³/mol. The Morgan fingerprint density at radius 1 is 1.14 bits per heavy atom. The van der Waals surface area contributed by atoms with Crippen LogP contribution in [0.15, 0.2) is 0 Å². The minimum Gasteiger partial charge on any atom is -0.309 e. The van der Waals surface area contributed by atoms with Gasteiger partial charge in [-0.05, 0) is 52.2 Å². The molecule has 0 N–H and O–H groups in total. The highest BCUT2D eigenvalue weighted by Crippen LogP contribution is 2.34. The smallest absolute Gasteiger partial charge is 0.131 e. The molecule has 0 radical (unpaired) electrons. The van der Waals surface area contributed by atoms with Crippen molar-refractivity contribution in [3.8, 4) is 0 Å². The van der Waals surface area contributed by atoms with Gasteiger partial charge >= 0.3 is 0 Å². The number of Topliss-reactive ketones (excluding diaryl/α,β-unsaturated/α-hetero) is 2. The highest BCUT2D eigenvalue weighted by atomic mass is 16.1. The largest absolute Gasteiger partial charge is 0.309 e. The topological polar surface area (TPSA) is 40.6 Å². The zero-order valence-electron chi connectivity index (χ0n) is 15.7. The lowest BCUT2D eigenvalue weighted by molar-refractivity contribution is -0.118. The monoisotopic (exact) mass is 312 g/mol. The van der Waals surface area contributed by atoms with E-state index in [1.165, 1.54) is 6.42 Å². The van der Waals surface area contributed by atoms with Gasteiger partial charge in [0.25, 0.3) is 0 Å². The first-order chi connectivity index (χ1) is 10.0. The molecule has 1 unspecified atom stereocenters. The predicted octanol–water partition coefficient (Wildman–Crippen LogP) is 2.86. The summed E-state index contributed by atoms with van der Waals surface area (Å²) in [5.41, 5.74) is 0.479. The van der Waals surface area contributed by atoms with Crippen LogP contribution in [0.3, 0.4) is 0 Å². The number of ketones is 2. The van der Waals surface area contributed by atoms with Gasteiger partial charge in [0.1, 0.15) is 11.6 Å². The molecular formula is C18H36N2O2. The van der Waals surface area contributed by atoms with Gasteiger partial charge in [0.05, 0.1) is 0 Å². The second kappa shape index (κ2) is 10.1. The molecule has 1 rings (SSSR count). The van der Waals surface area contributed by atoms with Crippen molar-refractivity contribution in [2.75, 3.05) is 40.3 Å². The van der Waals surface area contributed by atoms with Crippen LogP contribution in [0, 0.1) is 11.3 Å². The van der Waals surface area contributed by atoms with Crippen LogP contribution >= 0.6 is 0 Å². The summed E-state index contributed by atoms with van der Waals surface area (Å²) >= 11 is 0. The van der Waals surface area contributed by atoms with Crippen molar-refractivity contribution in [3.05, 3.63) is 0 Å². The average molecular weight is 312 g/mol. The van der Waals surface area contributed by atoms with Gasteiger partial charge in [-0.25, -0.2) is 0 Å². The second-order valence-electron chi connectivity index (χ2n) is 7.65. The third kappa shape index (κ3) is 10.1. The van der Waals surface area contributed by atoms with Crippen LogP contribution in [-0.2, 0) is 9.59 Å². The number of likely N-dealkylation sites (tertiary alicyclic amines) is 1. The fourth-order valence-corrected chi connectivity index (χ4v) is 2.32. The summed E-state index contributed by atoms with van der Waals surface area (Å²) in [6, 6.07) is 0. The van der Waals surface area contributed by atoms with Crippen molar-refractivity contribution in [1.82, 2.24) is 9.80 Å². The molecule has 22 heavy (non-hydrogen) atoms. The number of hydrogen-bond donors (Lipinski definition) is 0. The van der Waals surface area contributed by atoms with Crippen molar-refractivity contribution in [3.63, 3.8) is 0 Å². The van der Waals surface area contributed by atoms with E-state index >= 15 is 0 Å². The van der Waals surface area contributed by atoms with Crippen LogP contribution in [0.5, 0.6) is 0 Å². The van der Waals surface area contributed by atoms with E-state index in [-0.39, 0.29) is 5.78 Å². The molecule has 0 bridgehead atoms. The molecule has 0 saturated carbocycles. The zero-order chi connectivity index (χ0) is 17.3. The molecule has 1 fully saturated rings. The third-order valence-electron chi connectivity index (χ3n) is 4.63. The lowest BCUT2D eigenvalue weighted by atomic mass is 9.74. The van der Waals surface area contributed by atoms with Crippen molar-refractivity contribution >= 4 is 11.6 Å². The van der Waals surface area contributed by atoms with E-state index < -0.39 is 0 Å². The van der Waals surface area contributed by atoms with E-state index in [0.29, 0.717) is 24.0 Å². The maximum Gasteiger partial charge on any atom is 0.131 e. The van der Waals surface area contributed by atoms with Crippen LogP contribution in [0.2, 0.25) is 0 Å². The molecular weight excluding hydrogens is 276 g/mol. The summed E-state index contributed by atoms with van der Waals surface area (Å²) in [4.78, 5) is 25.6. The first-order valence-electron chi connectivity index (χ1n) is 8.40. The van der Waals surface area contributed by atoms with E-state index in [1.807, 2.05) is 19.0 Å². The van der Waals surface area contributed by atoms with Crippen molar-refractivity contribution in [1.29, 1.82) is 0 Å². The number of nitrogens with zero attached hydrogens (tertiary/aromatic N) is 2. The van der Waals surface area contributed by atoms with Crippen molar-refractivity contribution in [2.24, 2.45) is 11.3 Å². The van der Waals surface area contributed by atoms with Gasteiger partial charge < -0.3 is 9.80 Å². The van der Waals surface area contributed by atoms with Gasteiger partial charge in [-0.15, -0.1) is 0 Å². The Balaban J connectivity index is 0.000000472. The van der Waals surface area contributed by atoms with Crippen LogP contribution in [-0.4, -0.2) is 61.6 Å². The Morgan fingerprint density at radius 3 is 2.05 bits per heavy atom. The molecule has 0 spiro atoms. The van der Waals surface area contributed by atoms with Gasteiger partial charge in [-0.1, -0.05) is 20.8 Å². The highest BCUT2D eigenvalue weighted by Gasteiger charge is 2.31. The van der Waals surface area contributed by atoms with Gasteiger partial charge in [-0.2, -0.15) is 0 Å². The summed E-state index contributed by atoms with van der Waals surface area (Å²) in [6.45, 7) is 14.4. The first-order valence-corrected chi connectivity index (χ1v) is 8.40. The van der Waals surface area contributed by atoms with E-state index in [0.717, 1.165) is 32.1 Å². The standard InChI is InChI=1S/C12H23NO.C6H13NO/c1-10-9-13(7-5-11(2)14)8-6-12(10,3)4;1-6(8)4-5-7(2)3/h10H,5-9H2,1-4H3;4-5H2,1-3H3. The van der Waals surface area contributed by atoms with E-state index in [2.05, 4.69) is 25.7 Å². The lowest BCUT2D eigenvalue weighted by Crippen LogP contribution is -2.44. The molecule has 0 amide bonds. The summed E-state index contributed by atoms with van der Waals surface area (Å²) < 4.78 is 0. The maximum atomic E-state index is 10.9. The molecule has 1 saturated heterocycles. The Hall–Kier alpha value is -0.740. The normalized spacial score (nSPS) is 21.2. The summed E-state index contributed by atoms with van der Waals surface area (Å²) in [7, 11) is 3.92. The molecule has 0 aromatic carbocycles. The zero-order valence-corrected chi connectivity index (χ0v) is 15.7. The molecule has 1 aliphatic heterocycles. The molecule has 1 aliphatic rings. The molecule has 4 nitrogen and oxygen atoms in total. The lowest BCUT2D eigenvalue weighted by Gasteiger charge is -2.42. The average Bonchev–Trinajstić information content (AvgIpc) is 2.38. The fraction of sp³-hybridized carbons (Fsp3) is 0.889. The van der Waals surface area contributed by atoms with E-state index in [1.54, 1.807) is 13.8 Å². The number of piperidine rings is 1. The van der Waals surface area contributed by atoms with Crippen LogP contribution < -0.4 is 0 Å². The summed E-state index contributed by atoms with van der Waals surface area (Å²) in [6.07, 6.45) is 2.65. The van der Waals surface area contributed by atoms with Gasteiger partial charge in [0.2, 0.25) is 0 Å². The summed E-state index contributed by atoms with van der Waals surface area (Å²) in [5, 5.41) is 0. The Morgan fingerprint density at radius 2 is 1.68 bits per heavy atom. The maximum absolute atomic E-state index is 10.9. The first kappa shape index (κ1) is 21.3. The molecule has 130 valence electrons. The number of carbonyl (C=O) groups is 2. The highest BCUT2D eigenvalue weighted by molar-refractivity contribution is 5.75. The SMILES string of the molecule is CC(=O)CCN(C)C.CC(=O)CCN1CCC(C)(C)C(C)C1. The van der Waals surface area contributed by atoms with Gasteiger partial charge in [0.15, 0.2) is 0 Å². The van der Waals surface area contributed by atoms with Crippen molar-refractivity contribution < 1.29 is 9.59 Å². The van der Waals surface area contributed by atoms with Crippen LogP contribution in [0.25, 0.3) is 0 Å². The summed E-state index contributed by atoms with van der Waals surface area (Å²) in [5.74, 6) is 1.31. The fourth-order valence-electron chi connectivity index (χ4n) is 2.32. The Kier molecular flexibility index (Phi) is 9.77. The number of hydrogen-bond acceptors (Lipinski definition) is 4. The third-order valence-corrected chi connectivity index (χ3v) is 4.63. The van der Waals surface area contributed by atoms with Crippen molar-refractivity contribution in [2.45, 2.75) is 53.9 Å². The van der Waals surface area contributed by atoms with E-state index in [4.69, 9.17) is 0 Å². The number of carbonyl (C=O) groups excluding carboxylic acids is 2. The van der Waals surface area contributed by atoms with Gasteiger partial charge in [0, 0.05) is 32.5 Å². The molecule has 4 heteroatoms. The Labute approximate surface area is 137 Å². The molecule has 1 heterocycles. The number of rotatable bonds is 6. The van der Waals surface area contributed by atoms with E-state index in [9.17, 15) is 9.59 Å². The van der Waals surface area contributed by atoms with Crippen LogP contribution in [0.4, 0.5) is 0 Å². The van der Waals surface area contributed by atoms with Crippen LogP contribution in [0.1, 0.15) is 53.9 Å². The minimum atomic E-state index is 0.263. The quantitative estimate of drug-likeness (QED) is 0.756.